The van der Waals surface area contributed by atoms with Gasteiger partial charge in [0.15, 0.2) is 5.03 Å². The van der Waals surface area contributed by atoms with E-state index < -0.39 is 15.2 Å². The Bertz CT molecular complexity index is 593. The Labute approximate surface area is 87.5 Å². The van der Waals surface area contributed by atoms with E-state index >= 15 is 0 Å². The maximum atomic E-state index is 12.7. The van der Waals surface area contributed by atoms with Crippen molar-refractivity contribution in [3.05, 3.63) is 22.7 Å². The van der Waals surface area contributed by atoms with E-state index in [1.807, 2.05) is 0 Å². The zero-order valence-electron chi connectivity index (χ0n) is 6.66. The molecule has 74 valence electrons. The second-order valence-corrected chi connectivity index (χ2v) is 4.76. The molecule has 14 heavy (non-hydrogen) atoms. The van der Waals surface area contributed by atoms with Crippen molar-refractivity contribution >= 4 is 37.1 Å². The van der Waals surface area contributed by atoms with Gasteiger partial charge in [-0.2, -0.15) is 13.5 Å². The number of nitrogens with one attached hydrogen (secondary N) is 1. The Morgan fingerprint density at radius 3 is 2.79 bits per heavy atom. The molecule has 0 unspecified atom stereocenters. The Hall–Kier alpha value is -0.950. The molecule has 4 nitrogen and oxygen atoms in total. The van der Waals surface area contributed by atoms with E-state index in [0.29, 0.717) is 9.99 Å². The third-order valence-electron chi connectivity index (χ3n) is 1.74. The molecular formula is C7H4BrFN2O2S. The molecule has 7 heteroatoms. The first kappa shape index (κ1) is 9.60. The maximum Gasteiger partial charge on any atom is 0.349 e. The van der Waals surface area contributed by atoms with Gasteiger partial charge in [-0.3, -0.25) is 5.10 Å². The van der Waals surface area contributed by atoms with Crippen LogP contribution in [0.15, 0.2) is 27.7 Å². The summed E-state index contributed by atoms with van der Waals surface area (Å²) in [4.78, 5) is 0. The molecule has 2 aromatic rings. The highest BCUT2D eigenvalue weighted by molar-refractivity contribution is 9.10. The van der Waals surface area contributed by atoms with E-state index in [0.717, 1.165) is 0 Å². The van der Waals surface area contributed by atoms with Gasteiger partial charge in [-0.15, -0.1) is 0 Å². The lowest BCUT2D eigenvalue weighted by atomic mass is 10.3. The number of nitrogens with zero attached hydrogens (tertiary/aromatic N) is 1. The van der Waals surface area contributed by atoms with Crippen LogP contribution in [0.4, 0.5) is 3.89 Å². The summed E-state index contributed by atoms with van der Waals surface area (Å²) in [7, 11) is -4.74. The molecule has 0 radical (unpaired) electrons. The van der Waals surface area contributed by atoms with E-state index in [-0.39, 0.29) is 5.39 Å². The highest BCUT2D eigenvalue weighted by Crippen LogP contribution is 2.26. The molecule has 0 bridgehead atoms. The molecule has 0 amide bonds. The Kier molecular flexibility index (Phi) is 2.07. The van der Waals surface area contributed by atoms with Crippen LogP contribution in [-0.2, 0) is 10.2 Å². The van der Waals surface area contributed by atoms with Gasteiger partial charge in [0.1, 0.15) is 5.52 Å². The van der Waals surface area contributed by atoms with Crippen LogP contribution in [0.5, 0.6) is 0 Å². The number of aromatic amines is 1. The second-order valence-electron chi connectivity index (χ2n) is 2.63. The van der Waals surface area contributed by atoms with Gasteiger partial charge in [0, 0.05) is 9.86 Å². The van der Waals surface area contributed by atoms with Gasteiger partial charge in [0.2, 0.25) is 0 Å². The van der Waals surface area contributed by atoms with Crippen LogP contribution in [0.3, 0.4) is 0 Å². The summed E-state index contributed by atoms with van der Waals surface area (Å²) < 4.78 is 34.6. The SMILES string of the molecule is O=S(=O)(F)c1[nH]nc2c(Br)cccc12. The molecule has 0 aliphatic heterocycles. The van der Waals surface area contributed by atoms with Crippen molar-refractivity contribution in [2.45, 2.75) is 5.03 Å². The van der Waals surface area contributed by atoms with E-state index in [2.05, 4.69) is 26.1 Å². The molecule has 0 fully saturated rings. The zero-order chi connectivity index (χ0) is 10.3. The lowest BCUT2D eigenvalue weighted by Crippen LogP contribution is -1.92. The smallest absolute Gasteiger partial charge is 0.264 e. The number of fused-ring (bicyclic) bond motifs is 1. The van der Waals surface area contributed by atoms with Crippen LogP contribution in [0.2, 0.25) is 0 Å². The van der Waals surface area contributed by atoms with Crippen molar-refractivity contribution in [1.29, 1.82) is 0 Å². The van der Waals surface area contributed by atoms with Gasteiger partial charge in [-0.25, -0.2) is 0 Å². The predicted octanol–water partition coefficient (Wildman–Crippen LogP) is 1.98. The molecule has 0 spiro atoms. The highest BCUT2D eigenvalue weighted by atomic mass is 79.9. The van der Waals surface area contributed by atoms with Crippen molar-refractivity contribution < 1.29 is 12.3 Å². The van der Waals surface area contributed by atoms with Crippen LogP contribution < -0.4 is 0 Å². The van der Waals surface area contributed by atoms with Crippen molar-refractivity contribution in [2.24, 2.45) is 0 Å². The van der Waals surface area contributed by atoms with Gasteiger partial charge in [0.05, 0.1) is 0 Å². The molecule has 0 aliphatic carbocycles. The zero-order valence-corrected chi connectivity index (χ0v) is 9.06. The summed E-state index contributed by atoms with van der Waals surface area (Å²) in [6.45, 7) is 0. The Balaban J connectivity index is 2.90. The predicted molar refractivity (Wildman–Crippen MR) is 52.1 cm³/mol. The average Bonchev–Trinajstić information content (AvgIpc) is 2.47. The first-order chi connectivity index (χ1) is 6.50. The number of aromatic nitrogens is 2. The fraction of sp³-hybridized carbons (Fsp3) is 0. The Morgan fingerprint density at radius 1 is 1.43 bits per heavy atom. The minimum atomic E-state index is -4.74. The molecule has 0 saturated heterocycles. The van der Waals surface area contributed by atoms with Gasteiger partial charge in [-0.1, -0.05) is 9.95 Å². The van der Waals surface area contributed by atoms with E-state index in [9.17, 15) is 12.3 Å². The van der Waals surface area contributed by atoms with Crippen LogP contribution >= 0.6 is 15.9 Å². The molecule has 2 rings (SSSR count). The van der Waals surface area contributed by atoms with Gasteiger partial charge < -0.3 is 0 Å². The summed E-state index contributed by atoms with van der Waals surface area (Å²) in [5, 5.41) is 5.58. The number of hydrogen-bond acceptors (Lipinski definition) is 3. The third kappa shape index (κ3) is 1.42. The number of para-hydroxylation sites is 1. The van der Waals surface area contributed by atoms with E-state index in [1.54, 1.807) is 12.1 Å². The van der Waals surface area contributed by atoms with Crippen molar-refractivity contribution in [3.8, 4) is 0 Å². The van der Waals surface area contributed by atoms with Crippen LogP contribution in [-0.4, -0.2) is 18.6 Å². The molecular weight excluding hydrogens is 275 g/mol. The summed E-state index contributed by atoms with van der Waals surface area (Å²) in [5.74, 6) is 0. The summed E-state index contributed by atoms with van der Waals surface area (Å²) >= 11 is 3.18. The Morgan fingerprint density at radius 2 is 2.14 bits per heavy atom. The molecule has 1 aromatic heterocycles. The molecule has 1 heterocycles. The number of rotatable bonds is 1. The monoisotopic (exact) mass is 278 g/mol. The average molecular weight is 279 g/mol. The molecule has 1 aromatic carbocycles. The van der Waals surface area contributed by atoms with E-state index in [4.69, 9.17) is 0 Å². The summed E-state index contributed by atoms with van der Waals surface area (Å²) in [6, 6.07) is 4.78. The van der Waals surface area contributed by atoms with Crippen LogP contribution in [0.1, 0.15) is 0 Å². The number of benzene rings is 1. The van der Waals surface area contributed by atoms with Gasteiger partial charge >= 0.3 is 10.2 Å². The molecule has 1 N–H and O–H groups in total. The van der Waals surface area contributed by atoms with Gasteiger partial charge in [0.25, 0.3) is 0 Å². The maximum absolute atomic E-state index is 12.7. The number of H-pyrrole nitrogens is 1. The highest BCUT2D eigenvalue weighted by Gasteiger charge is 2.19. The van der Waals surface area contributed by atoms with Gasteiger partial charge in [-0.05, 0) is 28.1 Å². The molecule has 0 aliphatic rings. The standard InChI is InChI=1S/C7H4BrFN2O2S/c8-5-3-1-2-4-6(5)10-11-7(4)14(9,12)13/h1-3H,(H,10,11). The second kappa shape index (κ2) is 3.03. The largest absolute Gasteiger partial charge is 0.349 e. The lowest BCUT2D eigenvalue weighted by molar-refractivity contribution is 0.548. The molecule has 0 atom stereocenters. The van der Waals surface area contributed by atoms with Crippen LogP contribution in [0, 0.1) is 0 Å². The van der Waals surface area contributed by atoms with Crippen molar-refractivity contribution in [2.75, 3.05) is 0 Å². The fourth-order valence-electron chi connectivity index (χ4n) is 1.16. The first-order valence-corrected chi connectivity index (χ1v) is 5.75. The van der Waals surface area contributed by atoms with Crippen LogP contribution in [0.25, 0.3) is 10.9 Å². The lowest BCUT2D eigenvalue weighted by Gasteiger charge is -1.91. The number of hydrogen-bond donors (Lipinski definition) is 1. The number of halogens is 2. The summed E-state index contributed by atoms with van der Waals surface area (Å²) in [6.07, 6.45) is 0. The normalized spacial score (nSPS) is 12.1. The first-order valence-electron chi connectivity index (χ1n) is 3.57. The topological polar surface area (TPSA) is 62.8 Å². The minimum Gasteiger partial charge on any atom is -0.264 e. The van der Waals surface area contributed by atoms with E-state index in [1.165, 1.54) is 6.07 Å². The summed E-state index contributed by atoms with van der Waals surface area (Å²) in [5.41, 5.74) is 0.392. The van der Waals surface area contributed by atoms with Crippen molar-refractivity contribution in [3.63, 3.8) is 0 Å². The van der Waals surface area contributed by atoms with Crippen molar-refractivity contribution in [1.82, 2.24) is 10.2 Å². The quantitative estimate of drug-likeness (QED) is 0.812. The molecule has 0 saturated carbocycles. The minimum absolute atomic E-state index is 0.238. The fourth-order valence-corrected chi connectivity index (χ4v) is 2.20. The third-order valence-corrected chi connectivity index (χ3v) is 3.18.